The smallest absolute Gasteiger partial charge is 0.317 e. The maximum Gasteiger partial charge on any atom is 0.317 e. The van der Waals surface area contributed by atoms with Gasteiger partial charge in [0.05, 0.1) is 0 Å². The van der Waals surface area contributed by atoms with E-state index in [0.29, 0.717) is 13.0 Å². The van der Waals surface area contributed by atoms with E-state index >= 15 is 0 Å². The molecule has 1 heterocycles. The standard InChI is InChI=1S/C15H29N3O3/c1-12(2)18(10-6-7-14(19)20)15(21)16-13(3)11-17-8-4-5-9-17/h12-13H,4-11H2,1-3H3,(H,16,21)(H,19,20). The number of urea groups is 1. The highest BCUT2D eigenvalue weighted by Gasteiger charge is 2.20. The number of hydrogen-bond donors (Lipinski definition) is 2. The normalized spacial score (nSPS) is 17.0. The van der Waals surface area contributed by atoms with Gasteiger partial charge in [-0.3, -0.25) is 4.79 Å². The zero-order valence-electron chi connectivity index (χ0n) is 13.5. The van der Waals surface area contributed by atoms with Crippen molar-refractivity contribution in [2.24, 2.45) is 0 Å². The number of carbonyl (C=O) groups is 2. The highest BCUT2D eigenvalue weighted by Crippen LogP contribution is 2.08. The van der Waals surface area contributed by atoms with Gasteiger partial charge in [0.15, 0.2) is 0 Å². The quantitative estimate of drug-likeness (QED) is 0.716. The molecular weight excluding hydrogens is 270 g/mol. The van der Waals surface area contributed by atoms with Crippen LogP contribution in [0.15, 0.2) is 0 Å². The van der Waals surface area contributed by atoms with Gasteiger partial charge in [-0.05, 0) is 53.1 Å². The van der Waals surface area contributed by atoms with E-state index in [1.54, 1.807) is 4.90 Å². The molecule has 1 saturated heterocycles. The molecule has 122 valence electrons. The van der Waals surface area contributed by atoms with Crippen LogP contribution < -0.4 is 5.32 Å². The fraction of sp³-hybridized carbons (Fsp3) is 0.867. The summed E-state index contributed by atoms with van der Waals surface area (Å²) in [6.45, 7) is 9.52. The molecule has 1 fully saturated rings. The third-order valence-corrected chi connectivity index (χ3v) is 3.77. The minimum atomic E-state index is -0.818. The molecule has 6 heteroatoms. The Morgan fingerprint density at radius 2 is 1.86 bits per heavy atom. The Balaban J connectivity index is 2.38. The summed E-state index contributed by atoms with van der Waals surface area (Å²) in [6, 6.07) is 0.0798. The van der Waals surface area contributed by atoms with Gasteiger partial charge in [0.2, 0.25) is 0 Å². The summed E-state index contributed by atoms with van der Waals surface area (Å²) < 4.78 is 0. The van der Waals surface area contributed by atoms with Crippen LogP contribution >= 0.6 is 0 Å². The number of likely N-dealkylation sites (tertiary alicyclic amines) is 1. The minimum absolute atomic E-state index is 0.0674. The van der Waals surface area contributed by atoms with E-state index in [-0.39, 0.29) is 24.5 Å². The molecule has 0 spiro atoms. The molecule has 0 bridgehead atoms. The Morgan fingerprint density at radius 3 is 2.38 bits per heavy atom. The molecule has 1 atom stereocenters. The third kappa shape index (κ3) is 6.80. The van der Waals surface area contributed by atoms with Gasteiger partial charge in [0, 0.05) is 31.6 Å². The van der Waals surface area contributed by atoms with Crippen LogP contribution in [-0.4, -0.2) is 65.2 Å². The minimum Gasteiger partial charge on any atom is -0.481 e. The molecule has 1 rings (SSSR count). The van der Waals surface area contributed by atoms with E-state index < -0.39 is 5.97 Å². The largest absolute Gasteiger partial charge is 0.481 e. The third-order valence-electron chi connectivity index (χ3n) is 3.77. The second-order valence-electron chi connectivity index (χ2n) is 6.14. The average molecular weight is 299 g/mol. The Hall–Kier alpha value is -1.30. The van der Waals surface area contributed by atoms with Crippen LogP contribution in [0, 0.1) is 0 Å². The molecule has 6 nitrogen and oxygen atoms in total. The van der Waals surface area contributed by atoms with E-state index in [4.69, 9.17) is 5.11 Å². The molecule has 1 aliphatic heterocycles. The van der Waals surface area contributed by atoms with Crippen molar-refractivity contribution in [1.29, 1.82) is 0 Å². The predicted molar refractivity (Wildman–Crippen MR) is 82.4 cm³/mol. The summed E-state index contributed by atoms with van der Waals surface area (Å²) in [5.41, 5.74) is 0. The molecule has 0 aliphatic carbocycles. The topological polar surface area (TPSA) is 72.9 Å². The lowest BCUT2D eigenvalue weighted by Gasteiger charge is -2.29. The molecule has 0 aromatic carbocycles. The monoisotopic (exact) mass is 299 g/mol. The van der Waals surface area contributed by atoms with Gasteiger partial charge in [-0.1, -0.05) is 0 Å². The zero-order chi connectivity index (χ0) is 15.8. The molecule has 0 aromatic heterocycles. The molecule has 0 aromatic rings. The Kier molecular flexibility index (Phi) is 7.50. The molecule has 21 heavy (non-hydrogen) atoms. The van der Waals surface area contributed by atoms with Crippen molar-refractivity contribution in [3.8, 4) is 0 Å². The van der Waals surface area contributed by atoms with Crippen molar-refractivity contribution >= 4 is 12.0 Å². The van der Waals surface area contributed by atoms with Crippen LogP contribution in [0.4, 0.5) is 4.79 Å². The van der Waals surface area contributed by atoms with Gasteiger partial charge in [0.1, 0.15) is 0 Å². The lowest BCUT2D eigenvalue weighted by molar-refractivity contribution is -0.137. The number of carboxylic acid groups (broad SMARTS) is 1. The van der Waals surface area contributed by atoms with Crippen LogP contribution in [0.3, 0.4) is 0 Å². The van der Waals surface area contributed by atoms with Gasteiger partial charge in [-0.15, -0.1) is 0 Å². The first-order valence-corrected chi connectivity index (χ1v) is 7.91. The Bertz CT molecular complexity index is 341. The molecular formula is C15H29N3O3. The summed E-state index contributed by atoms with van der Waals surface area (Å²) in [4.78, 5) is 26.9. The first-order chi connectivity index (χ1) is 9.90. The van der Waals surface area contributed by atoms with Gasteiger partial charge >= 0.3 is 12.0 Å². The van der Waals surface area contributed by atoms with Crippen LogP contribution in [-0.2, 0) is 4.79 Å². The summed E-state index contributed by atoms with van der Waals surface area (Å²) in [5.74, 6) is -0.818. The number of nitrogens with one attached hydrogen (secondary N) is 1. The van der Waals surface area contributed by atoms with E-state index in [1.165, 1.54) is 12.8 Å². The Morgan fingerprint density at radius 1 is 1.24 bits per heavy atom. The number of nitrogens with zero attached hydrogens (tertiary/aromatic N) is 2. The van der Waals surface area contributed by atoms with Crippen molar-refractivity contribution in [3.05, 3.63) is 0 Å². The van der Waals surface area contributed by atoms with Gasteiger partial charge in [-0.25, -0.2) is 4.79 Å². The lowest BCUT2D eigenvalue weighted by Crippen LogP contribution is -2.50. The second kappa shape index (κ2) is 8.87. The van der Waals surface area contributed by atoms with Crippen molar-refractivity contribution in [1.82, 2.24) is 15.1 Å². The van der Waals surface area contributed by atoms with Crippen LogP contribution in [0.2, 0.25) is 0 Å². The number of hydrogen-bond acceptors (Lipinski definition) is 3. The summed E-state index contributed by atoms with van der Waals surface area (Å²) in [5, 5.41) is 11.7. The fourth-order valence-corrected chi connectivity index (χ4v) is 2.69. The van der Waals surface area contributed by atoms with Crippen LogP contribution in [0.5, 0.6) is 0 Å². The van der Waals surface area contributed by atoms with Gasteiger partial charge in [-0.2, -0.15) is 0 Å². The molecule has 0 radical (unpaired) electrons. The van der Waals surface area contributed by atoms with Crippen LogP contribution in [0.25, 0.3) is 0 Å². The van der Waals surface area contributed by atoms with Crippen LogP contribution in [0.1, 0.15) is 46.5 Å². The SMILES string of the molecule is CC(CN1CCCC1)NC(=O)N(CCCC(=O)O)C(C)C. The first kappa shape index (κ1) is 17.8. The lowest BCUT2D eigenvalue weighted by atomic mass is 10.2. The zero-order valence-corrected chi connectivity index (χ0v) is 13.5. The van der Waals surface area contributed by atoms with E-state index in [2.05, 4.69) is 10.2 Å². The van der Waals surface area contributed by atoms with Gasteiger partial charge in [0.25, 0.3) is 0 Å². The maximum atomic E-state index is 12.3. The average Bonchev–Trinajstić information content (AvgIpc) is 2.86. The number of amides is 2. The van der Waals surface area contributed by atoms with Crippen molar-refractivity contribution in [3.63, 3.8) is 0 Å². The summed E-state index contributed by atoms with van der Waals surface area (Å²) in [6.07, 6.45) is 3.07. The van der Waals surface area contributed by atoms with E-state index in [0.717, 1.165) is 19.6 Å². The van der Waals surface area contributed by atoms with Crippen molar-refractivity contribution in [2.75, 3.05) is 26.2 Å². The maximum absolute atomic E-state index is 12.3. The Labute approximate surface area is 127 Å². The number of rotatable bonds is 8. The highest BCUT2D eigenvalue weighted by atomic mass is 16.4. The molecule has 2 amide bonds. The molecule has 0 saturated carbocycles. The molecule has 2 N–H and O–H groups in total. The first-order valence-electron chi connectivity index (χ1n) is 7.91. The van der Waals surface area contributed by atoms with Gasteiger partial charge < -0.3 is 20.2 Å². The van der Waals surface area contributed by atoms with Crippen molar-refractivity contribution in [2.45, 2.75) is 58.5 Å². The molecule has 1 aliphatic rings. The predicted octanol–water partition coefficient (Wildman–Crippen LogP) is 1.76. The number of aliphatic carboxylic acids is 1. The van der Waals surface area contributed by atoms with E-state index in [1.807, 2.05) is 20.8 Å². The van der Waals surface area contributed by atoms with Crippen molar-refractivity contribution < 1.29 is 14.7 Å². The molecule has 1 unspecified atom stereocenters. The summed E-state index contributed by atoms with van der Waals surface area (Å²) in [7, 11) is 0. The number of carboxylic acids is 1. The van der Waals surface area contributed by atoms with E-state index in [9.17, 15) is 9.59 Å². The second-order valence-corrected chi connectivity index (χ2v) is 6.14. The fourth-order valence-electron chi connectivity index (χ4n) is 2.69. The highest BCUT2D eigenvalue weighted by molar-refractivity contribution is 5.75. The number of carbonyl (C=O) groups excluding carboxylic acids is 1. The summed E-state index contributed by atoms with van der Waals surface area (Å²) >= 11 is 0.